The Balaban J connectivity index is 2.66. The van der Waals surface area contributed by atoms with Crippen molar-refractivity contribution < 1.29 is 14.3 Å². The van der Waals surface area contributed by atoms with E-state index in [9.17, 15) is 14.4 Å². The van der Waals surface area contributed by atoms with Crippen molar-refractivity contribution in [1.29, 1.82) is 0 Å². The monoisotopic (exact) mass is 222 g/mol. The highest BCUT2D eigenvalue weighted by Gasteiger charge is 2.05. The van der Waals surface area contributed by atoms with E-state index in [0.29, 0.717) is 0 Å². The molecule has 0 saturated carbocycles. The highest BCUT2D eigenvalue weighted by Crippen LogP contribution is 2.13. The Kier molecular flexibility index (Phi) is 2.20. The summed E-state index contributed by atoms with van der Waals surface area (Å²) in [7, 11) is 0. The van der Waals surface area contributed by atoms with E-state index in [4.69, 9.17) is 5.11 Å². The van der Waals surface area contributed by atoms with Crippen molar-refractivity contribution in [3.8, 4) is 0 Å². The number of nitrogens with one attached hydrogen (secondary N) is 2. The largest absolute Gasteiger partial charge is 0.465 e. The predicted octanol–water partition coefficient (Wildman–Crippen LogP) is 0.571. The van der Waals surface area contributed by atoms with Crippen molar-refractivity contribution in [3.05, 3.63) is 39.2 Å². The third-order valence-electron chi connectivity index (χ3n) is 1.91. The Morgan fingerprint density at radius 1 is 1.38 bits per heavy atom. The topological polar surface area (TPSA) is 112 Å². The zero-order valence-electron chi connectivity index (χ0n) is 7.81. The summed E-state index contributed by atoms with van der Waals surface area (Å²) in [4.78, 5) is 34.8. The highest BCUT2D eigenvalue weighted by atomic mass is 16.4. The maximum atomic E-state index is 11.3. The van der Waals surface area contributed by atoms with Gasteiger partial charge in [0, 0.05) is 5.69 Å². The van der Waals surface area contributed by atoms with Gasteiger partial charge in [-0.3, -0.25) is 10.3 Å². The normalized spacial score (nSPS) is 10.2. The minimum atomic E-state index is -1.24. The smallest absolute Gasteiger partial charge is 0.419 e. The van der Waals surface area contributed by atoms with Gasteiger partial charge in [-0.25, -0.2) is 14.4 Å². The molecule has 0 spiro atoms. The van der Waals surface area contributed by atoms with E-state index >= 15 is 0 Å². The molecule has 0 unspecified atom stereocenters. The van der Waals surface area contributed by atoms with E-state index in [-0.39, 0.29) is 16.6 Å². The summed E-state index contributed by atoms with van der Waals surface area (Å²) in [6.45, 7) is 0. The number of anilines is 1. The van der Waals surface area contributed by atoms with E-state index in [0.717, 1.165) is 0 Å². The molecule has 1 aromatic carbocycles. The minimum Gasteiger partial charge on any atom is -0.465 e. The molecule has 7 nitrogen and oxygen atoms in total. The average Bonchev–Trinajstić information content (AvgIpc) is 2.18. The number of fused-ring (bicyclic) bond motifs is 1. The third-order valence-corrected chi connectivity index (χ3v) is 1.91. The van der Waals surface area contributed by atoms with Gasteiger partial charge < -0.3 is 9.52 Å². The van der Waals surface area contributed by atoms with E-state index in [1.807, 2.05) is 0 Å². The molecule has 0 atom stereocenters. The number of amides is 1. The van der Waals surface area contributed by atoms with Gasteiger partial charge in [0.05, 0.1) is 10.9 Å². The molecule has 2 aromatic rings. The van der Waals surface area contributed by atoms with Gasteiger partial charge in [0.1, 0.15) is 0 Å². The molecule has 0 radical (unpaired) electrons. The quantitative estimate of drug-likeness (QED) is 0.652. The first-order valence-corrected chi connectivity index (χ1v) is 4.23. The van der Waals surface area contributed by atoms with Crippen LogP contribution in [0.1, 0.15) is 0 Å². The number of aromatic nitrogens is 1. The van der Waals surface area contributed by atoms with Crippen LogP contribution in [-0.2, 0) is 0 Å². The van der Waals surface area contributed by atoms with Crippen LogP contribution in [0.4, 0.5) is 10.5 Å². The number of benzene rings is 1. The molecular formula is C9H6N2O5. The van der Waals surface area contributed by atoms with Gasteiger partial charge >= 0.3 is 17.5 Å². The minimum absolute atomic E-state index is 0.103. The van der Waals surface area contributed by atoms with Gasteiger partial charge in [0.2, 0.25) is 0 Å². The number of carbonyl (C=O) groups is 1. The lowest BCUT2D eigenvalue weighted by Gasteiger charge is -2.01. The van der Waals surface area contributed by atoms with Crippen LogP contribution in [0.5, 0.6) is 0 Å². The summed E-state index contributed by atoms with van der Waals surface area (Å²) in [5, 5.41) is 10.7. The molecule has 82 valence electrons. The van der Waals surface area contributed by atoms with E-state index in [2.05, 4.69) is 14.7 Å². The fourth-order valence-electron chi connectivity index (χ4n) is 1.30. The fraction of sp³-hybridized carbons (Fsp3) is 0. The Bertz CT molecular complexity index is 669. The van der Waals surface area contributed by atoms with Crippen molar-refractivity contribution in [2.45, 2.75) is 0 Å². The molecule has 0 aliphatic rings. The standard InChI is InChI=1S/C9H6N2O5/c12-7-5-3-4(10-8(13)14)1-2-6(5)11-9(15)16-7/h1-3,10H,(H,11,15)(H,13,14). The number of rotatable bonds is 1. The Morgan fingerprint density at radius 2 is 2.12 bits per heavy atom. The number of hydrogen-bond acceptors (Lipinski definition) is 4. The van der Waals surface area contributed by atoms with Crippen LogP contribution < -0.4 is 16.7 Å². The average molecular weight is 222 g/mol. The second-order valence-corrected chi connectivity index (χ2v) is 2.99. The Hall–Kier alpha value is -2.57. The van der Waals surface area contributed by atoms with Crippen LogP contribution in [0.3, 0.4) is 0 Å². The van der Waals surface area contributed by atoms with Crippen molar-refractivity contribution in [2.75, 3.05) is 5.32 Å². The molecule has 16 heavy (non-hydrogen) atoms. The lowest BCUT2D eigenvalue weighted by Crippen LogP contribution is -2.15. The molecular weight excluding hydrogens is 216 g/mol. The first-order chi connectivity index (χ1) is 7.56. The fourth-order valence-corrected chi connectivity index (χ4v) is 1.30. The molecule has 1 aromatic heterocycles. The van der Waals surface area contributed by atoms with Crippen LogP contribution in [0.2, 0.25) is 0 Å². The highest BCUT2D eigenvalue weighted by molar-refractivity contribution is 5.88. The van der Waals surface area contributed by atoms with Crippen molar-refractivity contribution >= 4 is 22.7 Å². The zero-order valence-corrected chi connectivity index (χ0v) is 7.81. The lowest BCUT2D eigenvalue weighted by molar-refractivity contribution is 0.210. The summed E-state index contributed by atoms with van der Waals surface area (Å²) in [5.41, 5.74) is -0.302. The van der Waals surface area contributed by atoms with Gasteiger partial charge in [0.15, 0.2) is 0 Å². The Morgan fingerprint density at radius 3 is 2.81 bits per heavy atom. The molecule has 0 aliphatic carbocycles. The SMILES string of the molecule is O=C(O)Nc1ccc2[nH]c(=O)oc(=O)c2c1. The second kappa shape index (κ2) is 3.54. The van der Waals surface area contributed by atoms with E-state index < -0.39 is 17.5 Å². The first kappa shape index (κ1) is 9.97. The zero-order chi connectivity index (χ0) is 11.7. The molecule has 7 heteroatoms. The summed E-state index contributed by atoms with van der Waals surface area (Å²) in [6, 6.07) is 4.12. The molecule has 0 bridgehead atoms. The molecule has 0 fully saturated rings. The van der Waals surface area contributed by atoms with Gasteiger partial charge in [-0.1, -0.05) is 0 Å². The van der Waals surface area contributed by atoms with Crippen LogP contribution in [0.15, 0.2) is 32.2 Å². The van der Waals surface area contributed by atoms with Crippen LogP contribution in [-0.4, -0.2) is 16.2 Å². The molecule has 0 saturated heterocycles. The number of hydrogen-bond donors (Lipinski definition) is 3. The molecule has 1 amide bonds. The number of carboxylic acid groups (broad SMARTS) is 1. The second-order valence-electron chi connectivity index (χ2n) is 2.99. The van der Waals surface area contributed by atoms with Gasteiger partial charge in [-0.15, -0.1) is 0 Å². The van der Waals surface area contributed by atoms with Crippen molar-refractivity contribution in [3.63, 3.8) is 0 Å². The van der Waals surface area contributed by atoms with Gasteiger partial charge in [0.25, 0.3) is 0 Å². The van der Waals surface area contributed by atoms with Gasteiger partial charge in [-0.05, 0) is 18.2 Å². The molecule has 0 aliphatic heterocycles. The van der Waals surface area contributed by atoms with E-state index in [1.54, 1.807) is 0 Å². The summed E-state index contributed by atoms with van der Waals surface area (Å²) < 4.78 is 4.31. The predicted molar refractivity (Wildman–Crippen MR) is 54.8 cm³/mol. The summed E-state index contributed by atoms with van der Waals surface area (Å²) in [6.07, 6.45) is -1.24. The summed E-state index contributed by atoms with van der Waals surface area (Å²) >= 11 is 0. The molecule has 2 rings (SSSR count). The maximum absolute atomic E-state index is 11.3. The molecule has 3 N–H and O–H groups in total. The van der Waals surface area contributed by atoms with Crippen molar-refractivity contribution in [2.24, 2.45) is 0 Å². The number of H-pyrrole nitrogens is 1. The van der Waals surface area contributed by atoms with Crippen molar-refractivity contribution in [1.82, 2.24) is 4.98 Å². The first-order valence-electron chi connectivity index (χ1n) is 4.23. The molecule has 1 heterocycles. The maximum Gasteiger partial charge on any atom is 0.419 e. The summed E-state index contributed by atoms with van der Waals surface area (Å²) in [5.74, 6) is -0.851. The van der Waals surface area contributed by atoms with Crippen LogP contribution >= 0.6 is 0 Å². The van der Waals surface area contributed by atoms with Crippen LogP contribution in [0.25, 0.3) is 10.9 Å². The van der Waals surface area contributed by atoms with E-state index in [1.165, 1.54) is 18.2 Å². The lowest BCUT2D eigenvalue weighted by atomic mass is 10.2. The number of aromatic amines is 1. The Labute approximate surface area is 87.3 Å². The van der Waals surface area contributed by atoms with Crippen LogP contribution in [0, 0.1) is 0 Å². The third kappa shape index (κ3) is 1.78. The van der Waals surface area contributed by atoms with Gasteiger partial charge in [-0.2, -0.15) is 0 Å².